The zero-order chi connectivity index (χ0) is 15.2. The molecular weight excluding hydrogens is 290 g/mol. The highest BCUT2D eigenvalue weighted by molar-refractivity contribution is 6.29. The van der Waals surface area contributed by atoms with Gasteiger partial charge in [0.2, 0.25) is 0 Å². The number of halogens is 1. The minimum Gasteiger partial charge on any atom is -0.493 e. The van der Waals surface area contributed by atoms with E-state index in [2.05, 4.69) is 10.3 Å². The molecule has 0 fully saturated rings. The van der Waals surface area contributed by atoms with Crippen molar-refractivity contribution in [1.82, 2.24) is 4.98 Å². The summed E-state index contributed by atoms with van der Waals surface area (Å²) in [5.74, 6) is 1.89. The molecule has 0 saturated heterocycles. The van der Waals surface area contributed by atoms with Gasteiger partial charge in [-0.15, -0.1) is 0 Å². The van der Waals surface area contributed by atoms with Gasteiger partial charge in [0.25, 0.3) is 0 Å². The third kappa shape index (κ3) is 3.77. The van der Waals surface area contributed by atoms with Crippen molar-refractivity contribution in [1.29, 1.82) is 5.26 Å². The Morgan fingerprint density at radius 2 is 1.95 bits per heavy atom. The van der Waals surface area contributed by atoms with Gasteiger partial charge in [0.15, 0.2) is 11.5 Å². The van der Waals surface area contributed by atoms with Crippen molar-refractivity contribution >= 4 is 17.4 Å². The highest BCUT2D eigenvalue weighted by Crippen LogP contribution is 2.27. The molecule has 0 atom stereocenters. The zero-order valence-electron chi connectivity index (χ0n) is 11.7. The predicted molar refractivity (Wildman–Crippen MR) is 80.8 cm³/mol. The summed E-state index contributed by atoms with van der Waals surface area (Å²) in [6.07, 6.45) is 0. The number of rotatable bonds is 5. The molecule has 1 aromatic heterocycles. The van der Waals surface area contributed by atoms with E-state index in [0.717, 1.165) is 5.56 Å². The first-order valence-corrected chi connectivity index (χ1v) is 6.56. The lowest BCUT2D eigenvalue weighted by atomic mass is 10.2. The second-order valence-corrected chi connectivity index (χ2v) is 4.61. The Kier molecular flexibility index (Phi) is 4.85. The third-order valence-electron chi connectivity index (χ3n) is 2.84. The number of pyridine rings is 1. The molecule has 0 aliphatic rings. The highest BCUT2D eigenvalue weighted by atomic mass is 35.5. The molecule has 6 heteroatoms. The molecule has 108 valence electrons. The van der Waals surface area contributed by atoms with E-state index in [4.69, 9.17) is 26.3 Å². The molecule has 1 aromatic carbocycles. The summed E-state index contributed by atoms with van der Waals surface area (Å²) < 4.78 is 10.4. The van der Waals surface area contributed by atoms with Crippen LogP contribution in [-0.2, 0) is 6.54 Å². The van der Waals surface area contributed by atoms with Gasteiger partial charge < -0.3 is 14.8 Å². The minimum absolute atomic E-state index is 0.281. The summed E-state index contributed by atoms with van der Waals surface area (Å²) in [6, 6.07) is 10.8. The number of nitrogens with one attached hydrogen (secondary N) is 1. The van der Waals surface area contributed by atoms with Crippen LogP contribution in [0.4, 0.5) is 5.82 Å². The second-order valence-electron chi connectivity index (χ2n) is 4.22. The number of ether oxygens (including phenoxy) is 2. The quantitative estimate of drug-likeness (QED) is 0.859. The molecule has 0 radical (unpaired) electrons. The number of hydrogen-bond donors (Lipinski definition) is 1. The van der Waals surface area contributed by atoms with Gasteiger partial charge in [0.05, 0.1) is 25.9 Å². The normalized spacial score (nSPS) is 9.81. The maximum Gasteiger partial charge on any atom is 0.161 e. The van der Waals surface area contributed by atoms with Crippen LogP contribution in [0.3, 0.4) is 0 Å². The monoisotopic (exact) mass is 303 g/mol. The highest BCUT2D eigenvalue weighted by Gasteiger charge is 2.05. The first-order valence-electron chi connectivity index (χ1n) is 6.18. The molecule has 0 bridgehead atoms. The van der Waals surface area contributed by atoms with Crippen LogP contribution < -0.4 is 14.8 Å². The summed E-state index contributed by atoms with van der Waals surface area (Å²) in [4.78, 5) is 4.12. The molecular formula is C15H14ClN3O2. The molecule has 0 unspecified atom stereocenters. The lowest BCUT2D eigenvalue weighted by molar-refractivity contribution is 0.354. The van der Waals surface area contributed by atoms with Gasteiger partial charge in [-0.25, -0.2) is 4.98 Å². The number of methoxy groups -OCH3 is 2. The Morgan fingerprint density at radius 1 is 1.19 bits per heavy atom. The van der Waals surface area contributed by atoms with E-state index in [1.165, 1.54) is 6.07 Å². The van der Waals surface area contributed by atoms with Crippen molar-refractivity contribution < 1.29 is 9.47 Å². The maximum atomic E-state index is 8.90. The molecule has 2 aromatic rings. The number of nitriles is 1. The van der Waals surface area contributed by atoms with E-state index in [0.29, 0.717) is 29.4 Å². The van der Waals surface area contributed by atoms with Crippen LogP contribution in [0.2, 0.25) is 5.15 Å². The molecule has 0 saturated carbocycles. The van der Waals surface area contributed by atoms with Crippen molar-refractivity contribution in [3.63, 3.8) is 0 Å². The average Bonchev–Trinajstić information content (AvgIpc) is 2.52. The lowest BCUT2D eigenvalue weighted by Gasteiger charge is -2.11. The van der Waals surface area contributed by atoms with Crippen LogP contribution in [-0.4, -0.2) is 19.2 Å². The zero-order valence-corrected chi connectivity index (χ0v) is 12.4. The van der Waals surface area contributed by atoms with Crippen molar-refractivity contribution in [3.8, 4) is 17.6 Å². The average molecular weight is 304 g/mol. The minimum atomic E-state index is 0.281. The van der Waals surface area contributed by atoms with Gasteiger partial charge in [-0.3, -0.25) is 0 Å². The summed E-state index contributed by atoms with van der Waals surface area (Å²) in [5, 5.41) is 12.3. The van der Waals surface area contributed by atoms with Crippen molar-refractivity contribution in [2.75, 3.05) is 19.5 Å². The number of hydrogen-bond acceptors (Lipinski definition) is 5. The second kappa shape index (κ2) is 6.82. The van der Waals surface area contributed by atoms with E-state index < -0.39 is 0 Å². The van der Waals surface area contributed by atoms with Crippen molar-refractivity contribution in [3.05, 3.63) is 46.6 Å². The van der Waals surface area contributed by atoms with Gasteiger partial charge in [-0.1, -0.05) is 17.7 Å². The van der Waals surface area contributed by atoms with Crippen LogP contribution in [0, 0.1) is 11.3 Å². The maximum absolute atomic E-state index is 8.90. The molecule has 1 heterocycles. The first-order chi connectivity index (χ1) is 10.2. The Morgan fingerprint density at radius 3 is 2.62 bits per heavy atom. The Hall–Kier alpha value is -2.45. The predicted octanol–water partition coefficient (Wildman–Crippen LogP) is 3.24. The topological polar surface area (TPSA) is 67.2 Å². The smallest absolute Gasteiger partial charge is 0.161 e. The Labute approximate surface area is 128 Å². The summed E-state index contributed by atoms with van der Waals surface area (Å²) in [5.41, 5.74) is 1.46. The van der Waals surface area contributed by atoms with E-state index in [9.17, 15) is 0 Å². The molecule has 0 aliphatic carbocycles. The van der Waals surface area contributed by atoms with Crippen LogP contribution in [0.15, 0.2) is 30.3 Å². The molecule has 21 heavy (non-hydrogen) atoms. The number of aromatic nitrogens is 1. The fourth-order valence-electron chi connectivity index (χ4n) is 1.84. The molecule has 5 nitrogen and oxygen atoms in total. The van der Waals surface area contributed by atoms with Gasteiger partial charge in [0.1, 0.15) is 11.0 Å². The van der Waals surface area contributed by atoms with E-state index in [1.807, 2.05) is 24.3 Å². The van der Waals surface area contributed by atoms with Crippen LogP contribution in [0.5, 0.6) is 11.5 Å². The van der Waals surface area contributed by atoms with Crippen LogP contribution in [0.1, 0.15) is 11.1 Å². The van der Waals surface area contributed by atoms with Gasteiger partial charge >= 0.3 is 0 Å². The first kappa shape index (κ1) is 14.9. The van der Waals surface area contributed by atoms with E-state index in [1.54, 1.807) is 20.3 Å². The Bertz CT molecular complexity index is 683. The van der Waals surface area contributed by atoms with Gasteiger partial charge in [0, 0.05) is 6.54 Å². The van der Waals surface area contributed by atoms with Gasteiger partial charge in [-0.2, -0.15) is 5.26 Å². The molecule has 0 spiro atoms. The summed E-state index contributed by atoms with van der Waals surface area (Å²) >= 11 is 5.86. The number of nitrogens with zero attached hydrogens (tertiary/aromatic N) is 2. The summed E-state index contributed by atoms with van der Waals surface area (Å²) in [7, 11) is 3.18. The van der Waals surface area contributed by atoms with Crippen molar-refractivity contribution in [2.24, 2.45) is 0 Å². The lowest BCUT2D eigenvalue weighted by Crippen LogP contribution is -2.02. The van der Waals surface area contributed by atoms with Crippen LogP contribution in [0.25, 0.3) is 0 Å². The Balaban J connectivity index is 2.13. The standard InChI is InChI=1S/C15H14ClN3O2/c1-20-12-4-3-10(5-13(12)21-2)9-18-15-7-11(8-17)6-14(16)19-15/h3-7H,9H2,1-2H3,(H,18,19). The molecule has 1 N–H and O–H groups in total. The third-order valence-corrected chi connectivity index (χ3v) is 3.04. The molecule has 0 amide bonds. The fraction of sp³-hybridized carbons (Fsp3) is 0.200. The number of benzene rings is 1. The fourth-order valence-corrected chi connectivity index (χ4v) is 2.04. The van der Waals surface area contributed by atoms with E-state index in [-0.39, 0.29) is 5.15 Å². The van der Waals surface area contributed by atoms with Crippen molar-refractivity contribution in [2.45, 2.75) is 6.54 Å². The largest absolute Gasteiger partial charge is 0.493 e. The SMILES string of the molecule is COc1ccc(CNc2cc(C#N)cc(Cl)n2)cc1OC. The van der Waals surface area contributed by atoms with E-state index >= 15 is 0 Å². The molecule has 0 aliphatic heterocycles. The number of anilines is 1. The van der Waals surface area contributed by atoms with Crippen LogP contribution >= 0.6 is 11.6 Å². The van der Waals surface area contributed by atoms with Gasteiger partial charge in [-0.05, 0) is 29.8 Å². The summed E-state index contributed by atoms with van der Waals surface area (Å²) in [6.45, 7) is 0.526. The molecule has 2 rings (SSSR count).